The van der Waals surface area contributed by atoms with Gasteiger partial charge in [-0.25, -0.2) is 4.98 Å². The van der Waals surface area contributed by atoms with Gasteiger partial charge in [0.1, 0.15) is 9.92 Å². The molecular weight excluding hydrogens is 464 g/mol. The Labute approximate surface area is 208 Å². The zero-order valence-electron chi connectivity index (χ0n) is 19.4. The van der Waals surface area contributed by atoms with Crippen molar-refractivity contribution >= 4 is 51.3 Å². The first-order chi connectivity index (χ1) is 16.6. The summed E-state index contributed by atoms with van der Waals surface area (Å²) in [5.74, 6) is 0.753. The van der Waals surface area contributed by atoms with Gasteiger partial charge in [-0.1, -0.05) is 36.9 Å². The lowest BCUT2D eigenvalue weighted by molar-refractivity contribution is 0.0998. The van der Waals surface area contributed by atoms with Crippen LogP contribution in [0.4, 0.5) is 11.4 Å². The van der Waals surface area contributed by atoms with Crippen LogP contribution in [-0.2, 0) is 5.75 Å². The third-order valence-corrected chi connectivity index (χ3v) is 8.32. The van der Waals surface area contributed by atoms with Crippen molar-refractivity contribution in [2.45, 2.75) is 23.9 Å². The number of anilines is 2. The van der Waals surface area contributed by atoms with E-state index in [0.29, 0.717) is 11.5 Å². The van der Waals surface area contributed by atoms with Crippen molar-refractivity contribution in [1.82, 2.24) is 9.88 Å². The molecule has 176 valence electrons. The van der Waals surface area contributed by atoms with E-state index >= 15 is 0 Å². The Balaban J connectivity index is 1.31. The first-order valence-electron chi connectivity index (χ1n) is 11.5. The number of benzene rings is 2. The number of carbonyl (C=O) groups excluding carboxylic acids is 1. The molecule has 1 aliphatic rings. The first kappa shape index (κ1) is 23.0. The molecule has 1 fully saturated rings. The number of hydrogen-bond acceptors (Lipinski definition) is 7. The predicted octanol–water partition coefficient (Wildman–Crippen LogP) is 5.88. The van der Waals surface area contributed by atoms with Crippen LogP contribution in [0.2, 0.25) is 0 Å². The van der Waals surface area contributed by atoms with Crippen LogP contribution in [0.1, 0.15) is 28.7 Å². The topological polar surface area (TPSA) is 61.6 Å². The predicted molar refractivity (Wildman–Crippen MR) is 141 cm³/mol. The fourth-order valence-corrected chi connectivity index (χ4v) is 6.10. The molecule has 0 aliphatic carbocycles. The van der Waals surface area contributed by atoms with Gasteiger partial charge in [0.2, 0.25) is 0 Å². The maximum Gasteiger partial charge on any atom is 0.291 e. The Morgan fingerprint density at radius 2 is 1.88 bits per heavy atom. The number of nitrogens with zero attached hydrogens (tertiary/aromatic N) is 3. The van der Waals surface area contributed by atoms with E-state index in [1.807, 2.05) is 48.7 Å². The number of thiazole rings is 1. The molecule has 1 N–H and O–H groups in total. The van der Waals surface area contributed by atoms with Crippen molar-refractivity contribution in [1.29, 1.82) is 0 Å². The first-order valence-corrected chi connectivity index (χ1v) is 13.4. The van der Waals surface area contributed by atoms with Gasteiger partial charge >= 0.3 is 0 Å². The molecule has 0 bridgehead atoms. The molecule has 34 heavy (non-hydrogen) atoms. The number of rotatable bonds is 7. The standard InChI is InChI=1S/C26H28N4O2S2/c1-3-29-12-14-30(15-13-29)20-10-8-19(9-11-20)28-25(31)24-22(17-34-26-27-18(2)16-33-26)21-6-4-5-7-23(21)32-24/h4-11,16H,3,12-15,17H2,1-2H3,(H,28,31). The number of fused-ring (bicyclic) bond motifs is 1. The highest BCUT2D eigenvalue weighted by Crippen LogP contribution is 2.33. The minimum Gasteiger partial charge on any atom is -0.451 e. The zero-order valence-corrected chi connectivity index (χ0v) is 21.0. The lowest BCUT2D eigenvalue weighted by Gasteiger charge is -2.35. The van der Waals surface area contributed by atoms with Crippen LogP contribution in [0, 0.1) is 6.92 Å². The van der Waals surface area contributed by atoms with E-state index in [1.54, 1.807) is 23.1 Å². The molecule has 1 saturated heterocycles. The molecule has 0 spiro atoms. The van der Waals surface area contributed by atoms with Crippen molar-refractivity contribution in [2.75, 3.05) is 42.9 Å². The molecular formula is C26H28N4O2S2. The number of para-hydroxylation sites is 1. The van der Waals surface area contributed by atoms with E-state index in [9.17, 15) is 4.79 Å². The molecule has 0 saturated carbocycles. The number of furan rings is 1. The van der Waals surface area contributed by atoms with E-state index in [2.05, 4.69) is 39.2 Å². The lowest BCUT2D eigenvalue weighted by atomic mass is 10.1. The lowest BCUT2D eigenvalue weighted by Crippen LogP contribution is -2.46. The highest BCUT2D eigenvalue weighted by Gasteiger charge is 2.22. The van der Waals surface area contributed by atoms with E-state index < -0.39 is 0 Å². The summed E-state index contributed by atoms with van der Waals surface area (Å²) in [4.78, 5) is 22.6. The number of piperazine rings is 1. The Kier molecular flexibility index (Phi) is 6.89. The van der Waals surface area contributed by atoms with E-state index in [4.69, 9.17) is 4.42 Å². The van der Waals surface area contributed by atoms with Crippen molar-refractivity contribution in [2.24, 2.45) is 0 Å². The zero-order chi connectivity index (χ0) is 23.5. The smallest absolute Gasteiger partial charge is 0.291 e. The van der Waals surface area contributed by atoms with Crippen molar-refractivity contribution in [3.05, 3.63) is 70.9 Å². The van der Waals surface area contributed by atoms with Crippen molar-refractivity contribution in [3.8, 4) is 0 Å². The third kappa shape index (κ3) is 4.99. The molecule has 3 heterocycles. The maximum atomic E-state index is 13.2. The maximum absolute atomic E-state index is 13.2. The van der Waals surface area contributed by atoms with Crippen molar-refractivity contribution in [3.63, 3.8) is 0 Å². The summed E-state index contributed by atoms with van der Waals surface area (Å²) in [5.41, 5.74) is 4.58. The van der Waals surface area contributed by atoms with Crippen LogP contribution in [0.25, 0.3) is 11.0 Å². The molecule has 2 aromatic carbocycles. The number of aryl methyl sites for hydroxylation is 1. The number of aromatic nitrogens is 1. The quantitative estimate of drug-likeness (QED) is 0.325. The van der Waals surface area contributed by atoms with Gasteiger partial charge in [-0.3, -0.25) is 4.79 Å². The van der Waals surface area contributed by atoms with E-state index in [1.165, 1.54) is 5.69 Å². The molecule has 1 aliphatic heterocycles. The number of amides is 1. The molecule has 5 rings (SSSR count). The number of likely N-dealkylation sites (N-methyl/N-ethyl adjacent to an activating group) is 1. The minimum atomic E-state index is -0.230. The molecule has 0 atom stereocenters. The second-order valence-corrected chi connectivity index (χ2v) is 10.5. The molecule has 1 amide bonds. The fourth-order valence-electron chi connectivity index (χ4n) is 4.22. The Morgan fingerprint density at radius 1 is 1.12 bits per heavy atom. The Hall–Kier alpha value is -2.81. The fraction of sp³-hybridized carbons (Fsp3) is 0.308. The van der Waals surface area contributed by atoms with Gasteiger partial charge in [-0.2, -0.15) is 0 Å². The van der Waals surface area contributed by atoms with Gasteiger partial charge in [-0.15, -0.1) is 11.3 Å². The average Bonchev–Trinajstić information content (AvgIpc) is 3.46. The Bertz CT molecular complexity index is 1270. The summed E-state index contributed by atoms with van der Waals surface area (Å²) in [6, 6.07) is 15.9. The van der Waals surface area contributed by atoms with E-state index in [-0.39, 0.29) is 5.91 Å². The molecule has 2 aromatic heterocycles. The van der Waals surface area contributed by atoms with Crippen LogP contribution >= 0.6 is 23.1 Å². The van der Waals surface area contributed by atoms with Crippen LogP contribution < -0.4 is 10.2 Å². The number of nitrogens with one attached hydrogen (secondary N) is 1. The minimum absolute atomic E-state index is 0.230. The van der Waals surface area contributed by atoms with Crippen molar-refractivity contribution < 1.29 is 9.21 Å². The molecule has 4 aromatic rings. The van der Waals surface area contributed by atoms with Gasteiger partial charge < -0.3 is 19.5 Å². The van der Waals surface area contributed by atoms with Gasteiger partial charge in [0, 0.05) is 65.3 Å². The second kappa shape index (κ2) is 10.2. The summed E-state index contributed by atoms with van der Waals surface area (Å²) < 4.78 is 7.00. The van der Waals surface area contributed by atoms with Gasteiger partial charge in [0.05, 0.1) is 0 Å². The third-order valence-electron chi connectivity index (χ3n) is 6.15. The summed E-state index contributed by atoms with van der Waals surface area (Å²) in [7, 11) is 0. The van der Waals surface area contributed by atoms with E-state index in [0.717, 1.165) is 65.0 Å². The Morgan fingerprint density at radius 3 is 2.59 bits per heavy atom. The van der Waals surface area contributed by atoms with Crippen LogP contribution in [0.15, 0.2) is 62.7 Å². The largest absolute Gasteiger partial charge is 0.451 e. The highest BCUT2D eigenvalue weighted by molar-refractivity contribution is 8.00. The summed E-state index contributed by atoms with van der Waals surface area (Å²) in [5, 5.41) is 6.03. The normalized spacial score (nSPS) is 14.6. The molecule has 6 nitrogen and oxygen atoms in total. The molecule has 8 heteroatoms. The summed E-state index contributed by atoms with van der Waals surface area (Å²) in [6.45, 7) is 9.52. The van der Waals surface area contributed by atoms with Gasteiger partial charge in [0.25, 0.3) is 5.91 Å². The second-order valence-electron chi connectivity index (χ2n) is 8.37. The SMILES string of the molecule is CCN1CCN(c2ccc(NC(=O)c3oc4ccccc4c3CSc3nc(C)cs3)cc2)CC1. The highest BCUT2D eigenvalue weighted by atomic mass is 32.2. The monoisotopic (exact) mass is 492 g/mol. The summed E-state index contributed by atoms with van der Waals surface area (Å²) >= 11 is 3.25. The van der Waals surface area contributed by atoms with Crippen LogP contribution in [-0.4, -0.2) is 48.5 Å². The number of hydrogen-bond donors (Lipinski definition) is 1. The molecule has 0 unspecified atom stereocenters. The van der Waals surface area contributed by atoms with Crippen LogP contribution in [0.5, 0.6) is 0 Å². The molecule has 0 radical (unpaired) electrons. The average molecular weight is 493 g/mol. The number of carbonyl (C=O) groups is 1. The number of thioether (sulfide) groups is 1. The van der Waals surface area contributed by atoms with Gasteiger partial charge in [-0.05, 0) is 43.8 Å². The van der Waals surface area contributed by atoms with Crippen LogP contribution in [0.3, 0.4) is 0 Å². The summed E-state index contributed by atoms with van der Waals surface area (Å²) in [6.07, 6.45) is 0. The van der Waals surface area contributed by atoms with Gasteiger partial charge in [0.15, 0.2) is 5.76 Å².